The van der Waals surface area contributed by atoms with E-state index >= 15 is 14.4 Å². The van der Waals surface area contributed by atoms with Crippen molar-refractivity contribution in [1.29, 1.82) is 0 Å². The monoisotopic (exact) mass is 1350 g/mol. The Bertz CT molecular complexity index is 5990. The fraction of sp³-hybridized carbons (Fsp3) is 0.137. The molecule has 0 atom stereocenters. The van der Waals surface area contributed by atoms with Crippen LogP contribution in [0.3, 0.4) is 0 Å². The van der Waals surface area contributed by atoms with Crippen molar-refractivity contribution < 1.29 is 14.4 Å². The van der Waals surface area contributed by atoms with Gasteiger partial charge in [-0.05, 0) is 184 Å². The summed E-state index contributed by atoms with van der Waals surface area (Å²) in [5.74, 6) is -1.30. The second-order valence-corrected chi connectivity index (χ2v) is 30.1. The highest BCUT2D eigenvalue weighted by Gasteiger charge is 2.38. The number of benzene rings is 12. The quantitative estimate of drug-likeness (QED) is 0.127. The van der Waals surface area contributed by atoms with E-state index in [9.17, 15) is 0 Å². The molecule has 0 bridgehead atoms. The van der Waals surface area contributed by atoms with Gasteiger partial charge < -0.3 is 14.7 Å². The van der Waals surface area contributed by atoms with Gasteiger partial charge in [0.25, 0.3) is 17.7 Å². The van der Waals surface area contributed by atoms with Gasteiger partial charge in [0.1, 0.15) is 0 Å². The topological polar surface area (TPSA) is 99.6 Å². The lowest BCUT2D eigenvalue weighted by Gasteiger charge is -2.23. The van der Waals surface area contributed by atoms with Crippen LogP contribution < -0.4 is 14.7 Å². The normalized spacial score (nSPS) is 13.8. The van der Waals surface area contributed by atoms with Crippen LogP contribution in [0.5, 0.6) is 0 Å². The van der Waals surface area contributed by atoms with Gasteiger partial charge in [0.15, 0.2) is 0 Å². The number of amides is 3. The Kier molecular flexibility index (Phi) is 14.4. The molecule has 3 aliphatic rings. The van der Waals surface area contributed by atoms with Gasteiger partial charge in [0.05, 0.1) is 52.4 Å². The van der Waals surface area contributed by atoms with E-state index in [4.69, 9.17) is 15.0 Å². The molecular weight excluding hydrogens is 1270 g/mol. The van der Waals surface area contributed by atoms with Gasteiger partial charge in [-0.25, -0.2) is 0 Å². The average molecular weight is 1350 g/mol. The van der Waals surface area contributed by atoms with Gasteiger partial charge in [-0.2, -0.15) is 0 Å². The van der Waals surface area contributed by atoms with Crippen molar-refractivity contribution in [1.82, 2.24) is 15.0 Å². The maximum absolute atomic E-state index is 15.3. The molecule has 9 nitrogen and oxygen atoms in total. The molecule has 0 saturated heterocycles. The Morgan fingerprint density at radius 2 is 0.635 bits per heavy atom. The van der Waals surface area contributed by atoms with E-state index in [2.05, 4.69) is 254 Å². The number of fused-ring (bicyclic) bond motifs is 15. The number of carbonyl (C=O) groups is 3. The second-order valence-electron chi connectivity index (χ2n) is 30.1. The number of hydrogen-bond donors (Lipinski definition) is 0. The van der Waals surface area contributed by atoms with E-state index in [0.717, 1.165) is 93.6 Å². The molecule has 0 unspecified atom stereocenters. The molecule has 0 aliphatic heterocycles. The lowest BCUT2D eigenvalue weighted by atomic mass is 9.81. The van der Waals surface area contributed by atoms with Gasteiger partial charge in [-0.3, -0.25) is 29.3 Å². The van der Waals surface area contributed by atoms with Gasteiger partial charge in [-0.15, -0.1) is 0 Å². The molecule has 0 radical (unpaired) electrons. The van der Waals surface area contributed by atoms with E-state index in [1.165, 1.54) is 81.5 Å². The van der Waals surface area contributed by atoms with Crippen molar-refractivity contribution in [2.45, 2.75) is 64.7 Å². The fourth-order valence-electron chi connectivity index (χ4n) is 17.2. The minimum atomic E-state index is -0.435. The zero-order valence-electron chi connectivity index (χ0n) is 59.8. The van der Waals surface area contributed by atoms with E-state index in [1.807, 2.05) is 25.1 Å². The number of nitrogens with zero attached hydrogens (tertiary/aromatic N) is 6. The van der Waals surface area contributed by atoms with Crippen LogP contribution in [0.25, 0.3) is 121 Å². The highest BCUT2D eigenvalue weighted by Crippen LogP contribution is 2.53. The fourth-order valence-corrected chi connectivity index (χ4v) is 17.2. The summed E-state index contributed by atoms with van der Waals surface area (Å²) in [7, 11) is 5.09. The lowest BCUT2D eigenvalue weighted by molar-refractivity contribution is 0.0992. The molecular formula is C95H74N6O3. The minimum Gasteiger partial charge on any atom is -0.310 e. The zero-order valence-corrected chi connectivity index (χ0v) is 59.8. The van der Waals surface area contributed by atoms with Crippen LogP contribution in [0, 0.1) is 6.92 Å². The summed E-state index contributed by atoms with van der Waals surface area (Å²) >= 11 is 0. The van der Waals surface area contributed by atoms with Crippen LogP contribution in [0.1, 0.15) is 112 Å². The van der Waals surface area contributed by atoms with E-state index in [0.29, 0.717) is 17.1 Å². The number of aromatic nitrogens is 3. The predicted molar refractivity (Wildman–Crippen MR) is 427 cm³/mol. The Hall–Kier alpha value is -12.5. The summed E-state index contributed by atoms with van der Waals surface area (Å²) in [5, 5.41) is 5.84. The summed E-state index contributed by atoms with van der Waals surface area (Å²) < 4.78 is 0. The third kappa shape index (κ3) is 9.88. The molecule has 12 aromatic carbocycles. The second kappa shape index (κ2) is 23.6. The Morgan fingerprint density at radius 3 is 1.07 bits per heavy atom. The Labute approximate surface area is 605 Å². The summed E-state index contributed by atoms with van der Waals surface area (Å²) in [6.07, 6.45) is 5.14. The van der Waals surface area contributed by atoms with Crippen molar-refractivity contribution >= 4 is 78.1 Å². The van der Waals surface area contributed by atoms with Crippen molar-refractivity contribution in [2.75, 3.05) is 35.8 Å². The summed E-state index contributed by atoms with van der Waals surface area (Å²) in [4.78, 5) is 65.6. The van der Waals surface area contributed by atoms with Crippen LogP contribution in [-0.4, -0.2) is 53.8 Å². The van der Waals surface area contributed by atoms with E-state index in [-0.39, 0.29) is 32.9 Å². The van der Waals surface area contributed by atoms with Crippen LogP contribution >= 0.6 is 0 Å². The Morgan fingerprint density at radius 1 is 0.288 bits per heavy atom. The lowest BCUT2D eigenvalue weighted by Crippen LogP contribution is -2.31. The molecule has 9 heteroatoms. The van der Waals surface area contributed by atoms with Gasteiger partial charge in [0, 0.05) is 81.2 Å². The molecule has 104 heavy (non-hydrogen) atoms. The summed E-state index contributed by atoms with van der Waals surface area (Å²) in [6, 6.07) is 86.8. The van der Waals surface area contributed by atoms with Crippen molar-refractivity contribution in [3.05, 3.63) is 323 Å². The van der Waals surface area contributed by atoms with Gasteiger partial charge in [0.2, 0.25) is 0 Å². The molecule has 0 N–H and O–H groups in total. The molecule has 3 heterocycles. The van der Waals surface area contributed by atoms with E-state index in [1.54, 1.807) is 57.9 Å². The number of rotatable bonds is 10. The summed E-state index contributed by atoms with van der Waals surface area (Å²) in [6.45, 7) is 15.8. The molecule has 0 fully saturated rings. The number of pyridine rings is 3. The third-order valence-corrected chi connectivity index (χ3v) is 23.0. The minimum absolute atomic E-state index is 0.135. The molecule has 3 amide bonds. The molecule has 0 saturated carbocycles. The van der Waals surface area contributed by atoms with E-state index < -0.39 is 17.7 Å². The third-order valence-electron chi connectivity index (χ3n) is 23.0. The maximum atomic E-state index is 15.3. The van der Waals surface area contributed by atoms with Crippen molar-refractivity contribution in [2.24, 2.45) is 0 Å². The molecule has 18 rings (SSSR count). The molecule has 502 valence electrons. The van der Waals surface area contributed by atoms with Gasteiger partial charge >= 0.3 is 0 Å². The molecule has 3 aromatic heterocycles. The van der Waals surface area contributed by atoms with Crippen LogP contribution in [0.15, 0.2) is 267 Å². The van der Waals surface area contributed by atoms with Crippen LogP contribution in [0.2, 0.25) is 0 Å². The molecule has 0 spiro atoms. The zero-order chi connectivity index (χ0) is 71.4. The smallest absolute Gasteiger partial charge is 0.258 e. The van der Waals surface area contributed by atoms with Crippen LogP contribution in [-0.2, 0) is 16.2 Å². The van der Waals surface area contributed by atoms with Crippen molar-refractivity contribution in [3.63, 3.8) is 0 Å². The first-order valence-electron chi connectivity index (χ1n) is 35.6. The summed E-state index contributed by atoms with van der Waals surface area (Å²) in [5.41, 5.74) is 28.1. The largest absolute Gasteiger partial charge is 0.310 e. The Balaban J connectivity index is 0.664. The van der Waals surface area contributed by atoms with Crippen LogP contribution in [0.4, 0.5) is 17.1 Å². The number of carbonyl (C=O) groups excluding carboxylic acids is 3. The van der Waals surface area contributed by atoms with Crippen molar-refractivity contribution in [3.8, 4) is 78.0 Å². The standard InChI is InChI=1S/C95H74N6O3/c1-55-42-66(52-96-87(55)60-21-17-20-56(43-60)57-32-39-76-73-22-11-14-29-81(73)93(2,3)84(76)49-57)99(8)90(102)63-44-64(91(103)100(9)67-47-61-35-37-71-69(25-18-27-79(71)88(61)97-53-67)58-33-40-77-74-23-12-15-30-82(74)94(4,5)85(77)50-58)46-65(45-63)92(104)101(10)68-48-62-36-38-72-70(26-19-28-80(72)89(62)98-54-68)59-34-41-78-75-24-13-16-31-83(75)95(6,7)86(78)51-59/h11-54H,1-10H3. The SMILES string of the molecule is Cc1cc(N(C)C(=O)c2cc(C(=O)N(C)c3cnc4c(ccc5c(-c6ccc7c(c6)C(C)(C)c6ccccc6-7)cccc54)c3)cc(C(=O)N(C)c3cnc4c(ccc5c(-c6ccc7c(c6)C(C)(C)c6ccccc6-7)cccc54)c3)c2)cnc1-c1cccc(-c2ccc3c(c2)C(C)(C)c2ccccc2-3)c1. The van der Waals surface area contributed by atoms with Gasteiger partial charge in [-0.1, -0.05) is 230 Å². The highest BCUT2D eigenvalue weighted by molar-refractivity contribution is 6.17. The molecule has 3 aliphatic carbocycles. The first-order chi connectivity index (χ1) is 50.2. The first kappa shape index (κ1) is 63.7. The number of aryl methyl sites for hydroxylation is 1. The average Bonchev–Trinajstić information content (AvgIpc) is 1.64. The number of hydrogen-bond acceptors (Lipinski definition) is 6. The number of anilines is 3. The maximum Gasteiger partial charge on any atom is 0.258 e. The highest BCUT2D eigenvalue weighted by atomic mass is 16.2. The first-order valence-corrected chi connectivity index (χ1v) is 35.6. The predicted octanol–water partition coefficient (Wildman–Crippen LogP) is 22.2. The molecule has 15 aromatic rings.